The first-order valence-corrected chi connectivity index (χ1v) is 5.47. The largest absolute Gasteiger partial charge is 0.363 e. The van der Waals surface area contributed by atoms with E-state index in [4.69, 9.17) is 4.74 Å². The summed E-state index contributed by atoms with van der Waals surface area (Å²) in [7, 11) is 0. The topological polar surface area (TPSA) is 24.5 Å². The van der Waals surface area contributed by atoms with Gasteiger partial charge in [0.05, 0.1) is 0 Å². The van der Waals surface area contributed by atoms with Gasteiger partial charge in [0.1, 0.15) is 6.23 Å². The van der Waals surface area contributed by atoms with E-state index in [0.29, 0.717) is 6.23 Å². The van der Waals surface area contributed by atoms with Crippen LogP contribution >= 0.6 is 12.4 Å². The molecule has 3 nitrogen and oxygen atoms in total. The van der Waals surface area contributed by atoms with E-state index < -0.39 is 0 Å². The fraction of sp³-hybridized carbons (Fsp3) is 1.00. The summed E-state index contributed by atoms with van der Waals surface area (Å²) in [6.07, 6.45) is 2.80. The predicted octanol–water partition coefficient (Wildman–Crippen LogP) is 1.09. The van der Waals surface area contributed by atoms with Crippen molar-refractivity contribution in [1.29, 1.82) is 0 Å². The van der Waals surface area contributed by atoms with Crippen LogP contribution in [0.3, 0.4) is 0 Å². The van der Waals surface area contributed by atoms with Crippen molar-refractivity contribution in [3.05, 3.63) is 0 Å². The Morgan fingerprint density at radius 3 is 2.93 bits per heavy atom. The maximum absolute atomic E-state index is 5.72. The first kappa shape index (κ1) is 12.2. The minimum Gasteiger partial charge on any atom is -0.363 e. The molecule has 14 heavy (non-hydrogen) atoms. The van der Waals surface area contributed by atoms with E-state index in [9.17, 15) is 0 Å². The van der Waals surface area contributed by atoms with Crippen molar-refractivity contribution >= 4 is 12.4 Å². The lowest BCUT2D eigenvalue weighted by Gasteiger charge is -2.29. The summed E-state index contributed by atoms with van der Waals surface area (Å²) in [6.45, 7) is 7.96. The summed E-state index contributed by atoms with van der Waals surface area (Å²) in [5, 5.41) is 3.46. The lowest BCUT2D eigenvalue weighted by molar-refractivity contribution is -0.0329. The van der Waals surface area contributed by atoms with Crippen molar-refractivity contribution < 1.29 is 4.74 Å². The molecular weight excluding hydrogens is 200 g/mol. The summed E-state index contributed by atoms with van der Waals surface area (Å²) in [6, 6.07) is 0. The zero-order valence-electron chi connectivity index (χ0n) is 8.87. The Labute approximate surface area is 92.6 Å². The maximum atomic E-state index is 5.72. The molecule has 0 aromatic carbocycles. The number of nitrogens with one attached hydrogen (secondary N) is 1. The number of hydrogen-bond donors (Lipinski definition) is 1. The molecule has 2 rings (SSSR count). The standard InChI is InChI=1S/C10H20N2O.ClH/c1-2-12-6-4-9(8-12)10-11-5-3-7-13-10;/h9-11H,2-8H2,1H3;1H. The van der Waals surface area contributed by atoms with E-state index >= 15 is 0 Å². The van der Waals surface area contributed by atoms with Gasteiger partial charge in [0.15, 0.2) is 0 Å². The molecule has 1 N–H and O–H groups in total. The van der Waals surface area contributed by atoms with Crippen LogP contribution in [-0.2, 0) is 4.74 Å². The smallest absolute Gasteiger partial charge is 0.112 e. The van der Waals surface area contributed by atoms with Crippen molar-refractivity contribution in [1.82, 2.24) is 10.2 Å². The van der Waals surface area contributed by atoms with E-state index in [2.05, 4.69) is 17.1 Å². The molecule has 2 aliphatic heterocycles. The minimum atomic E-state index is 0. The van der Waals surface area contributed by atoms with Gasteiger partial charge in [0.25, 0.3) is 0 Å². The van der Waals surface area contributed by atoms with Gasteiger partial charge < -0.3 is 9.64 Å². The van der Waals surface area contributed by atoms with Gasteiger partial charge in [-0.3, -0.25) is 5.32 Å². The molecule has 2 heterocycles. The number of likely N-dealkylation sites (tertiary alicyclic amines) is 1. The first-order valence-electron chi connectivity index (χ1n) is 5.47. The van der Waals surface area contributed by atoms with E-state index in [-0.39, 0.29) is 12.4 Å². The van der Waals surface area contributed by atoms with Crippen molar-refractivity contribution in [2.24, 2.45) is 5.92 Å². The molecule has 2 fully saturated rings. The number of rotatable bonds is 2. The highest BCUT2D eigenvalue weighted by Gasteiger charge is 2.30. The Morgan fingerprint density at radius 2 is 2.36 bits per heavy atom. The SMILES string of the molecule is CCN1CCC(C2NCCCO2)C1.Cl. The zero-order chi connectivity index (χ0) is 9.10. The monoisotopic (exact) mass is 220 g/mol. The van der Waals surface area contributed by atoms with Gasteiger partial charge >= 0.3 is 0 Å². The molecule has 2 atom stereocenters. The van der Waals surface area contributed by atoms with E-state index in [1.54, 1.807) is 0 Å². The highest BCUT2D eigenvalue weighted by atomic mass is 35.5. The third kappa shape index (κ3) is 2.83. The van der Waals surface area contributed by atoms with Crippen LogP contribution in [0.4, 0.5) is 0 Å². The fourth-order valence-electron chi connectivity index (χ4n) is 2.29. The van der Waals surface area contributed by atoms with E-state index in [0.717, 1.165) is 19.1 Å². The van der Waals surface area contributed by atoms with Gasteiger partial charge in [0, 0.05) is 19.1 Å². The third-order valence-electron chi connectivity index (χ3n) is 3.15. The molecule has 0 spiro atoms. The van der Waals surface area contributed by atoms with Crippen LogP contribution in [0.5, 0.6) is 0 Å². The molecule has 0 amide bonds. The number of halogens is 1. The molecule has 2 aliphatic rings. The van der Waals surface area contributed by atoms with Crippen molar-refractivity contribution in [3.63, 3.8) is 0 Å². The molecule has 0 bridgehead atoms. The summed E-state index contributed by atoms with van der Waals surface area (Å²) >= 11 is 0. The molecular formula is C10H21ClN2O. The van der Waals surface area contributed by atoms with Gasteiger partial charge in [0.2, 0.25) is 0 Å². The van der Waals surface area contributed by atoms with Crippen LogP contribution in [0.25, 0.3) is 0 Å². The van der Waals surface area contributed by atoms with Crippen LogP contribution in [0.15, 0.2) is 0 Å². The van der Waals surface area contributed by atoms with Gasteiger partial charge in [-0.25, -0.2) is 0 Å². The average molecular weight is 221 g/mol. The first-order chi connectivity index (χ1) is 6.40. The molecule has 2 unspecified atom stereocenters. The molecule has 2 saturated heterocycles. The van der Waals surface area contributed by atoms with Crippen LogP contribution in [0.2, 0.25) is 0 Å². The number of nitrogens with zero attached hydrogens (tertiary/aromatic N) is 1. The fourth-order valence-corrected chi connectivity index (χ4v) is 2.29. The zero-order valence-corrected chi connectivity index (χ0v) is 9.68. The molecule has 0 aromatic rings. The van der Waals surface area contributed by atoms with E-state index in [1.807, 2.05) is 0 Å². The Balaban J connectivity index is 0.000000980. The van der Waals surface area contributed by atoms with Crippen LogP contribution in [0, 0.1) is 5.92 Å². The molecule has 4 heteroatoms. The quantitative estimate of drug-likeness (QED) is 0.754. The lowest BCUT2D eigenvalue weighted by atomic mass is 10.1. The second-order valence-electron chi connectivity index (χ2n) is 4.04. The Kier molecular flexibility index (Phi) is 5.17. The summed E-state index contributed by atoms with van der Waals surface area (Å²) < 4.78 is 5.72. The van der Waals surface area contributed by atoms with Crippen LogP contribution in [-0.4, -0.2) is 43.9 Å². The predicted molar refractivity (Wildman–Crippen MR) is 59.8 cm³/mol. The lowest BCUT2D eigenvalue weighted by Crippen LogP contribution is -2.44. The Bertz CT molecular complexity index is 162. The molecule has 0 aliphatic carbocycles. The van der Waals surface area contributed by atoms with Crippen molar-refractivity contribution in [2.45, 2.75) is 26.0 Å². The molecule has 0 radical (unpaired) electrons. The van der Waals surface area contributed by atoms with Crippen molar-refractivity contribution in [2.75, 3.05) is 32.8 Å². The highest BCUT2D eigenvalue weighted by molar-refractivity contribution is 5.85. The molecule has 84 valence electrons. The second kappa shape index (κ2) is 5.91. The number of ether oxygens (including phenoxy) is 1. The van der Waals surface area contributed by atoms with Gasteiger partial charge in [-0.05, 0) is 32.5 Å². The normalized spacial score (nSPS) is 34.1. The maximum Gasteiger partial charge on any atom is 0.112 e. The Morgan fingerprint density at radius 1 is 1.50 bits per heavy atom. The summed E-state index contributed by atoms with van der Waals surface area (Å²) in [5.74, 6) is 0.722. The minimum absolute atomic E-state index is 0. The third-order valence-corrected chi connectivity index (χ3v) is 3.15. The van der Waals surface area contributed by atoms with E-state index in [1.165, 1.54) is 32.5 Å². The van der Waals surface area contributed by atoms with Gasteiger partial charge in [-0.15, -0.1) is 12.4 Å². The molecule has 0 saturated carbocycles. The highest BCUT2D eigenvalue weighted by Crippen LogP contribution is 2.21. The Hall–Kier alpha value is 0.170. The van der Waals surface area contributed by atoms with Crippen LogP contribution in [0.1, 0.15) is 19.8 Å². The van der Waals surface area contributed by atoms with Gasteiger partial charge in [-0.2, -0.15) is 0 Å². The second-order valence-corrected chi connectivity index (χ2v) is 4.04. The summed E-state index contributed by atoms with van der Waals surface area (Å²) in [4.78, 5) is 2.50. The summed E-state index contributed by atoms with van der Waals surface area (Å²) in [5.41, 5.74) is 0. The van der Waals surface area contributed by atoms with Crippen molar-refractivity contribution in [3.8, 4) is 0 Å². The number of hydrogen-bond acceptors (Lipinski definition) is 3. The average Bonchev–Trinajstić information content (AvgIpc) is 2.67. The van der Waals surface area contributed by atoms with Crippen LogP contribution < -0.4 is 5.32 Å². The molecule has 0 aromatic heterocycles. The van der Waals surface area contributed by atoms with Gasteiger partial charge in [-0.1, -0.05) is 6.92 Å².